The number of anilines is 2. The predicted molar refractivity (Wildman–Crippen MR) is 69.7 cm³/mol. The van der Waals surface area contributed by atoms with Crippen LogP contribution in [-0.4, -0.2) is 39.1 Å². The number of rotatable bonds is 0. The van der Waals surface area contributed by atoms with Crippen LogP contribution in [0.15, 0.2) is 18.2 Å². The number of nitrogens with one attached hydrogen (secondary N) is 1. The Morgan fingerprint density at radius 1 is 1.30 bits per heavy atom. The average molecular weight is 306 g/mol. The Balaban J connectivity index is 1.95. The van der Waals surface area contributed by atoms with E-state index >= 15 is 0 Å². The van der Waals surface area contributed by atoms with Gasteiger partial charge in [-0.3, -0.25) is 0 Å². The fourth-order valence-electron chi connectivity index (χ4n) is 2.70. The molecule has 1 atom stereocenters. The highest BCUT2D eigenvalue weighted by Crippen LogP contribution is 2.38. The van der Waals surface area contributed by atoms with Gasteiger partial charge >= 0.3 is 6.18 Å². The van der Waals surface area contributed by atoms with Gasteiger partial charge in [-0.2, -0.15) is 13.2 Å². The summed E-state index contributed by atoms with van der Waals surface area (Å²) in [4.78, 5) is 1.88. The lowest BCUT2D eigenvalue weighted by atomic mass is 10.1. The summed E-state index contributed by atoms with van der Waals surface area (Å²) >= 11 is 0. The third-order valence-corrected chi connectivity index (χ3v) is 5.39. The van der Waals surface area contributed by atoms with Crippen molar-refractivity contribution in [3.8, 4) is 0 Å². The van der Waals surface area contributed by atoms with Crippen LogP contribution in [0.4, 0.5) is 24.5 Å². The van der Waals surface area contributed by atoms with Crippen LogP contribution in [-0.2, 0) is 16.0 Å². The highest BCUT2D eigenvalue weighted by atomic mass is 32.2. The number of hydrogen-bond donors (Lipinski definition) is 1. The molecule has 8 heteroatoms. The van der Waals surface area contributed by atoms with Crippen molar-refractivity contribution >= 4 is 21.2 Å². The third kappa shape index (κ3) is 2.32. The van der Waals surface area contributed by atoms with Crippen molar-refractivity contribution in [1.82, 2.24) is 0 Å². The molecule has 4 nitrogen and oxygen atoms in total. The predicted octanol–water partition coefficient (Wildman–Crippen LogP) is 1.73. The zero-order valence-corrected chi connectivity index (χ0v) is 11.3. The first-order chi connectivity index (χ1) is 9.26. The van der Waals surface area contributed by atoms with Crippen molar-refractivity contribution in [1.29, 1.82) is 0 Å². The molecule has 3 rings (SSSR count). The summed E-state index contributed by atoms with van der Waals surface area (Å²) in [5.74, 6) is 0.0877. The van der Waals surface area contributed by atoms with Gasteiger partial charge in [0.2, 0.25) is 0 Å². The van der Waals surface area contributed by atoms with Gasteiger partial charge in [0, 0.05) is 13.1 Å². The normalized spacial score (nSPS) is 24.6. The molecule has 1 saturated heterocycles. The second-order valence-electron chi connectivity index (χ2n) is 5.07. The topological polar surface area (TPSA) is 49.4 Å². The molecule has 0 aliphatic carbocycles. The van der Waals surface area contributed by atoms with Gasteiger partial charge in [0.05, 0.1) is 34.5 Å². The molecule has 0 spiro atoms. The smallest absolute Gasteiger partial charge is 0.381 e. The van der Waals surface area contributed by atoms with Gasteiger partial charge in [0.1, 0.15) is 0 Å². The van der Waals surface area contributed by atoms with Crippen molar-refractivity contribution in [2.75, 3.05) is 34.8 Å². The number of benzene rings is 1. The Morgan fingerprint density at radius 3 is 2.75 bits per heavy atom. The summed E-state index contributed by atoms with van der Waals surface area (Å²) in [6.45, 7) is 0.667. The molecule has 2 heterocycles. The molecule has 0 aromatic heterocycles. The van der Waals surface area contributed by atoms with E-state index in [4.69, 9.17) is 0 Å². The van der Waals surface area contributed by atoms with Crippen LogP contribution in [0.2, 0.25) is 0 Å². The molecule has 0 saturated carbocycles. The first kappa shape index (κ1) is 13.5. The first-order valence-corrected chi connectivity index (χ1v) is 8.01. The van der Waals surface area contributed by atoms with Crippen molar-refractivity contribution in [3.05, 3.63) is 23.8 Å². The molecule has 110 valence electrons. The van der Waals surface area contributed by atoms with E-state index in [9.17, 15) is 21.6 Å². The largest absolute Gasteiger partial charge is 0.416 e. The first-order valence-electron chi connectivity index (χ1n) is 6.18. The number of sulfone groups is 1. The number of halogens is 3. The van der Waals surface area contributed by atoms with Gasteiger partial charge in [-0.25, -0.2) is 8.42 Å². The fraction of sp³-hybridized carbons (Fsp3) is 0.500. The number of fused-ring (bicyclic) bond motifs is 3. The maximum Gasteiger partial charge on any atom is 0.416 e. The van der Waals surface area contributed by atoms with E-state index in [0.717, 1.165) is 12.1 Å². The van der Waals surface area contributed by atoms with Gasteiger partial charge in [0.15, 0.2) is 9.84 Å². The minimum Gasteiger partial charge on any atom is -0.381 e. The summed E-state index contributed by atoms with van der Waals surface area (Å²) < 4.78 is 61.2. The Kier molecular flexibility index (Phi) is 2.89. The summed E-state index contributed by atoms with van der Waals surface area (Å²) in [6.07, 6.45) is -4.38. The number of alkyl halides is 3. The molecule has 1 N–H and O–H groups in total. The highest BCUT2D eigenvalue weighted by molar-refractivity contribution is 7.91. The van der Waals surface area contributed by atoms with E-state index in [1.807, 2.05) is 4.90 Å². The number of hydrogen-bond acceptors (Lipinski definition) is 4. The quantitative estimate of drug-likeness (QED) is 0.793. The van der Waals surface area contributed by atoms with E-state index in [1.165, 1.54) is 6.07 Å². The van der Waals surface area contributed by atoms with Crippen LogP contribution in [0.3, 0.4) is 0 Å². The molecule has 1 aromatic rings. The molecule has 0 bridgehead atoms. The van der Waals surface area contributed by atoms with E-state index in [2.05, 4.69) is 5.32 Å². The fourth-order valence-corrected chi connectivity index (χ4v) is 4.23. The Bertz CT molecular complexity index is 643. The van der Waals surface area contributed by atoms with Crippen LogP contribution < -0.4 is 10.2 Å². The maximum atomic E-state index is 12.7. The minimum atomic E-state index is -4.38. The maximum absolute atomic E-state index is 12.7. The lowest BCUT2D eigenvalue weighted by Crippen LogP contribution is -2.54. The van der Waals surface area contributed by atoms with E-state index in [1.54, 1.807) is 0 Å². The standard InChI is InChI=1S/C12H13F3N2O2S/c13-12(14,15)8-1-2-11-10(5-8)16-6-9-7-20(18,19)4-3-17(9)11/h1-2,5,9,16H,3-4,6-7H2. The Hall–Kier alpha value is -1.44. The van der Waals surface area contributed by atoms with Gasteiger partial charge in [-0.15, -0.1) is 0 Å². The molecule has 20 heavy (non-hydrogen) atoms. The molecule has 2 aliphatic rings. The lowest BCUT2D eigenvalue weighted by molar-refractivity contribution is -0.137. The van der Waals surface area contributed by atoms with Crippen LogP contribution in [0.1, 0.15) is 5.56 Å². The average Bonchev–Trinajstić information content (AvgIpc) is 2.35. The summed E-state index contributed by atoms with van der Waals surface area (Å²) in [7, 11) is -3.05. The molecular weight excluding hydrogens is 293 g/mol. The summed E-state index contributed by atoms with van der Waals surface area (Å²) in [5.41, 5.74) is 0.353. The van der Waals surface area contributed by atoms with Crippen LogP contribution in [0.5, 0.6) is 0 Å². The summed E-state index contributed by atoms with van der Waals surface area (Å²) in [5, 5.41) is 2.91. The minimum absolute atomic E-state index is 0.0421. The van der Waals surface area contributed by atoms with Gasteiger partial charge in [0.25, 0.3) is 0 Å². The SMILES string of the molecule is O=S1(=O)CCN2c3ccc(C(F)(F)F)cc3NCC2C1. The van der Waals surface area contributed by atoms with E-state index in [0.29, 0.717) is 24.5 Å². The molecule has 1 aromatic carbocycles. The highest BCUT2D eigenvalue weighted by Gasteiger charge is 2.37. The summed E-state index contributed by atoms with van der Waals surface area (Å²) in [6, 6.07) is 3.31. The Labute approximate surface area is 114 Å². The monoisotopic (exact) mass is 306 g/mol. The lowest BCUT2D eigenvalue weighted by Gasteiger charge is -2.42. The van der Waals surface area contributed by atoms with Crippen LogP contribution in [0.25, 0.3) is 0 Å². The van der Waals surface area contributed by atoms with Crippen molar-refractivity contribution in [2.24, 2.45) is 0 Å². The van der Waals surface area contributed by atoms with Crippen molar-refractivity contribution in [3.63, 3.8) is 0 Å². The number of nitrogens with zero attached hydrogens (tertiary/aromatic N) is 1. The van der Waals surface area contributed by atoms with Crippen molar-refractivity contribution < 1.29 is 21.6 Å². The third-order valence-electron chi connectivity index (χ3n) is 3.69. The Morgan fingerprint density at radius 2 is 2.05 bits per heavy atom. The molecule has 1 unspecified atom stereocenters. The second kappa shape index (κ2) is 4.28. The molecule has 1 fully saturated rings. The van der Waals surface area contributed by atoms with Gasteiger partial charge < -0.3 is 10.2 Å². The van der Waals surface area contributed by atoms with Crippen LogP contribution >= 0.6 is 0 Å². The molecular formula is C12H13F3N2O2S. The van der Waals surface area contributed by atoms with Gasteiger partial charge in [-0.05, 0) is 18.2 Å². The van der Waals surface area contributed by atoms with Gasteiger partial charge in [-0.1, -0.05) is 0 Å². The van der Waals surface area contributed by atoms with Crippen LogP contribution in [0, 0.1) is 0 Å². The molecule has 0 amide bonds. The molecule has 0 radical (unpaired) electrons. The zero-order valence-electron chi connectivity index (χ0n) is 10.4. The van der Waals surface area contributed by atoms with Crippen molar-refractivity contribution in [2.45, 2.75) is 12.2 Å². The second-order valence-corrected chi connectivity index (χ2v) is 7.30. The van der Waals surface area contributed by atoms with E-state index < -0.39 is 21.6 Å². The molecule has 2 aliphatic heterocycles. The van der Waals surface area contributed by atoms with E-state index in [-0.39, 0.29) is 17.5 Å². The zero-order chi connectivity index (χ0) is 14.5.